The molecule has 0 aromatic rings. The van der Waals surface area contributed by atoms with Crippen LogP contribution in [0.5, 0.6) is 0 Å². The molecule has 0 aliphatic carbocycles. The number of carbonyl (C=O) groups excluding carboxylic acids is 1. The summed E-state index contributed by atoms with van der Waals surface area (Å²) in [6, 6.07) is 0. The van der Waals surface area contributed by atoms with E-state index in [1.807, 2.05) is 0 Å². The minimum atomic E-state index is -0.407. The molecular weight excluding hydrogens is 120 g/mol. The van der Waals surface area contributed by atoms with Gasteiger partial charge in [0.2, 0.25) is 0 Å². The third-order valence-electron chi connectivity index (χ3n) is 1.19. The van der Waals surface area contributed by atoms with Gasteiger partial charge in [0.25, 0.3) is 0 Å². The Balaban J connectivity index is 2.32. The Morgan fingerprint density at radius 1 is 1.89 bits per heavy atom. The van der Waals surface area contributed by atoms with Crippen LogP contribution in [0.2, 0.25) is 0 Å². The molecule has 1 unspecified atom stereocenters. The van der Waals surface area contributed by atoms with Crippen LogP contribution < -0.4 is 10.6 Å². The standard InChI is InChI=1S/C5H9N2O2/c1-9-5(8)4-6-2-3-7-4/h4,6H,2-3H2,1H3. The predicted octanol–water partition coefficient (Wildman–Crippen LogP) is -1.31. The van der Waals surface area contributed by atoms with Crippen molar-refractivity contribution in [2.24, 2.45) is 0 Å². The smallest absolute Gasteiger partial charge is 0.339 e. The molecule has 1 aliphatic heterocycles. The number of esters is 1. The summed E-state index contributed by atoms with van der Waals surface area (Å²) < 4.78 is 4.44. The molecule has 51 valence electrons. The summed E-state index contributed by atoms with van der Waals surface area (Å²) in [7, 11) is 1.36. The van der Waals surface area contributed by atoms with E-state index in [1.54, 1.807) is 0 Å². The molecule has 0 amide bonds. The fourth-order valence-electron chi connectivity index (χ4n) is 0.729. The quantitative estimate of drug-likeness (QED) is 0.447. The second kappa shape index (κ2) is 2.80. The van der Waals surface area contributed by atoms with Gasteiger partial charge in [-0.05, 0) is 0 Å². The molecule has 4 heteroatoms. The van der Waals surface area contributed by atoms with Crippen molar-refractivity contribution in [3.63, 3.8) is 0 Å². The number of nitrogens with zero attached hydrogens (tertiary/aromatic N) is 1. The molecule has 1 saturated heterocycles. The molecule has 1 heterocycles. The number of hydrogen-bond donors (Lipinski definition) is 1. The van der Waals surface area contributed by atoms with Crippen molar-refractivity contribution in [1.29, 1.82) is 0 Å². The lowest BCUT2D eigenvalue weighted by atomic mass is 10.5. The summed E-state index contributed by atoms with van der Waals surface area (Å²) in [5, 5.41) is 6.79. The Hall–Kier alpha value is -0.610. The van der Waals surface area contributed by atoms with Crippen LogP contribution >= 0.6 is 0 Å². The highest BCUT2D eigenvalue weighted by Gasteiger charge is 2.22. The summed E-state index contributed by atoms with van der Waals surface area (Å²) in [6.07, 6.45) is -0.407. The molecule has 0 spiro atoms. The predicted molar refractivity (Wildman–Crippen MR) is 30.8 cm³/mol. The monoisotopic (exact) mass is 129 g/mol. The minimum Gasteiger partial charge on any atom is -0.467 e. The van der Waals surface area contributed by atoms with Crippen LogP contribution in [0.3, 0.4) is 0 Å². The topological polar surface area (TPSA) is 52.4 Å². The highest BCUT2D eigenvalue weighted by Crippen LogP contribution is 1.89. The summed E-state index contributed by atoms with van der Waals surface area (Å²) in [5.41, 5.74) is 0. The van der Waals surface area contributed by atoms with Crippen molar-refractivity contribution in [3.05, 3.63) is 0 Å². The van der Waals surface area contributed by atoms with Crippen molar-refractivity contribution in [2.45, 2.75) is 6.17 Å². The van der Waals surface area contributed by atoms with E-state index >= 15 is 0 Å². The van der Waals surface area contributed by atoms with Crippen LogP contribution in [0.15, 0.2) is 0 Å². The first-order chi connectivity index (χ1) is 4.34. The van der Waals surface area contributed by atoms with E-state index in [1.165, 1.54) is 7.11 Å². The average molecular weight is 129 g/mol. The largest absolute Gasteiger partial charge is 0.467 e. The fraction of sp³-hybridized carbons (Fsp3) is 0.800. The highest BCUT2D eigenvalue weighted by atomic mass is 16.5. The Labute approximate surface area is 53.6 Å². The summed E-state index contributed by atoms with van der Waals surface area (Å²) in [4.78, 5) is 10.6. The number of methoxy groups -OCH3 is 1. The molecule has 9 heavy (non-hydrogen) atoms. The third kappa shape index (κ3) is 1.40. The molecule has 1 atom stereocenters. The lowest BCUT2D eigenvalue weighted by molar-refractivity contribution is -0.143. The lowest BCUT2D eigenvalue weighted by Crippen LogP contribution is -2.36. The van der Waals surface area contributed by atoms with E-state index in [0.717, 1.165) is 6.54 Å². The molecule has 1 fully saturated rings. The maximum Gasteiger partial charge on any atom is 0.339 e. The number of hydrogen-bond acceptors (Lipinski definition) is 3. The van der Waals surface area contributed by atoms with Crippen LogP contribution in [0.25, 0.3) is 0 Å². The lowest BCUT2D eigenvalue weighted by Gasteiger charge is -2.04. The fourth-order valence-corrected chi connectivity index (χ4v) is 0.729. The molecule has 0 aromatic carbocycles. The zero-order valence-corrected chi connectivity index (χ0v) is 5.26. The maximum absolute atomic E-state index is 10.6. The summed E-state index contributed by atoms with van der Waals surface area (Å²) >= 11 is 0. The Bertz CT molecular complexity index is 110. The summed E-state index contributed by atoms with van der Waals surface area (Å²) in [6.45, 7) is 1.49. The first kappa shape index (κ1) is 6.51. The first-order valence-corrected chi connectivity index (χ1v) is 2.82. The normalized spacial score (nSPS) is 20.1. The van der Waals surface area contributed by atoms with Crippen molar-refractivity contribution in [1.82, 2.24) is 10.6 Å². The van der Waals surface area contributed by atoms with Gasteiger partial charge in [0.05, 0.1) is 7.11 Å². The van der Waals surface area contributed by atoms with Gasteiger partial charge in [0, 0.05) is 13.1 Å². The number of nitrogens with one attached hydrogen (secondary N) is 1. The van der Waals surface area contributed by atoms with Crippen molar-refractivity contribution in [2.75, 3.05) is 20.2 Å². The van der Waals surface area contributed by atoms with Crippen LogP contribution in [0.1, 0.15) is 0 Å². The number of rotatable bonds is 1. The molecule has 1 aliphatic rings. The molecule has 0 bridgehead atoms. The maximum atomic E-state index is 10.6. The Morgan fingerprint density at radius 2 is 2.67 bits per heavy atom. The van der Waals surface area contributed by atoms with Gasteiger partial charge < -0.3 is 4.74 Å². The van der Waals surface area contributed by atoms with E-state index in [9.17, 15) is 4.79 Å². The van der Waals surface area contributed by atoms with Crippen LogP contribution in [-0.4, -0.2) is 32.3 Å². The highest BCUT2D eigenvalue weighted by molar-refractivity contribution is 5.75. The Morgan fingerprint density at radius 3 is 3.11 bits per heavy atom. The van der Waals surface area contributed by atoms with Gasteiger partial charge in [-0.15, -0.1) is 0 Å². The van der Waals surface area contributed by atoms with Gasteiger partial charge in [0.1, 0.15) is 0 Å². The molecular formula is C5H9N2O2. The summed E-state index contributed by atoms with van der Waals surface area (Å²) in [5.74, 6) is -0.299. The number of carbonyl (C=O) groups is 1. The molecule has 1 rings (SSSR count). The molecule has 1 radical (unpaired) electrons. The third-order valence-corrected chi connectivity index (χ3v) is 1.19. The second-order valence-corrected chi connectivity index (χ2v) is 1.79. The minimum absolute atomic E-state index is 0.299. The molecule has 1 N–H and O–H groups in total. The van der Waals surface area contributed by atoms with E-state index in [0.29, 0.717) is 6.54 Å². The van der Waals surface area contributed by atoms with E-state index < -0.39 is 6.17 Å². The van der Waals surface area contributed by atoms with Gasteiger partial charge in [-0.3, -0.25) is 5.32 Å². The molecule has 0 saturated carbocycles. The van der Waals surface area contributed by atoms with Gasteiger partial charge in [-0.25, -0.2) is 10.1 Å². The van der Waals surface area contributed by atoms with Crippen molar-refractivity contribution >= 4 is 5.97 Å². The van der Waals surface area contributed by atoms with Gasteiger partial charge >= 0.3 is 5.97 Å². The van der Waals surface area contributed by atoms with Crippen LogP contribution in [0, 0.1) is 0 Å². The van der Waals surface area contributed by atoms with Crippen molar-refractivity contribution < 1.29 is 9.53 Å². The zero-order valence-electron chi connectivity index (χ0n) is 5.26. The van der Waals surface area contributed by atoms with Crippen molar-refractivity contribution in [3.8, 4) is 0 Å². The molecule has 0 aromatic heterocycles. The van der Waals surface area contributed by atoms with Gasteiger partial charge in [-0.2, -0.15) is 0 Å². The van der Waals surface area contributed by atoms with E-state index in [-0.39, 0.29) is 5.97 Å². The van der Waals surface area contributed by atoms with Gasteiger partial charge in [-0.1, -0.05) is 0 Å². The molecule has 4 nitrogen and oxygen atoms in total. The van der Waals surface area contributed by atoms with Crippen LogP contribution in [0.4, 0.5) is 0 Å². The van der Waals surface area contributed by atoms with E-state index in [2.05, 4.69) is 15.4 Å². The zero-order chi connectivity index (χ0) is 6.69. The second-order valence-electron chi connectivity index (χ2n) is 1.79. The first-order valence-electron chi connectivity index (χ1n) is 2.82. The Kier molecular flexibility index (Phi) is 2.02. The van der Waals surface area contributed by atoms with E-state index in [4.69, 9.17) is 0 Å². The number of ether oxygens (including phenoxy) is 1. The SMILES string of the molecule is COC(=O)C1[N]CCN1. The van der Waals surface area contributed by atoms with Crippen LogP contribution in [-0.2, 0) is 9.53 Å². The van der Waals surface area contributed by atoms with Gasteiger partial charge in [0.15, 0.2) is 6.17 Å². The average Bonchev–Trinajstić information content (AvgIpc) is 2.37.